The Kier molecular flexibility index (Phi) is 7.45. The summed E-state index contributed by atoms with van der Waals surface area (Å²) in [4.78, 5) is 28.9. The summed E-state index contributed by atoms with van der Waals surface area (Å²) in [6.45, 7) is 5.14. The fourth-order valence-corrected chi connectivity index (χ4v) is 4.13. The number of benzene rings is 1. The number of nitrogens with one attached hydrogen (secondary N) is 2. The van der Waals surface area contributed by atoms with Crippen molar-refractivity contribution in [3.8, 4) is 11.4 Å². The molecule has 8 heteroatoms. The minimum Gasteiger partial charge on any atom is -0.356 e. The Morgan fingerprint density at radius 2 is 2.00 bits per heavy atom. The summed E-state index contributed by atoms with van der Waals surface area (Å²) in [6, 6.07) is 15.6. The Morgan fingerprint density at radius 3 is 2.78 bits per heavy atom. The van der Waals surface area contributed by atoms with E-state index in [4.69, 9.17) is 0 Å². The molecule has 0 unspecified atom stereocenters. The summed E-state index contributed by atoms with van der Waals surface area (Å²) in [5, 5.41) is 9.15. The van der Waals surface area contributed by atoms with Gasteiger partial charge >= 0.3 is 0 Å². The molecule has 0 fully saturated rings. The summed E-state index contributed by atoms with van der Waals surface area (Å²) in [5.41, 5.74) is 2.98. The van der Waals surface area contributed by atoms with Gasteiger partial charge in [0.05, 0.1) is 5.69 Å². The molecule has 3 aromatic rings. The first-order chi connectivity index (χ1) is 15.7. The number of amides is 1. The zero-order valence-corrected chi connectivity index (χ0v) is 19.1. The summed E-state index contributed by atoms with van der Waals surface area (Å²) in [5.74, 6) is 0.694. The molecule has 1 aliphatic heterocycles. The minimum absolute atomic E-state index is 0.0570. The highest BCUT2D eigenvalue weighted by molar-refractivity contribution is 7.14. The lowest BCUT2D eigenvalue weighted by molar-refractivity contribution is 0.0735. The first-order valence-electron chi connectivity index (χ1n) is 11.0. The molecule has 0 atom stereocenters. The molecule has 166 valence electrons. The predicted octanol–water partition coefficient (Wildman–Crippen LogP) is 4.41. The number of guanidine groups is 1. The Hall–Kier alpha value is -3.26. The van der Waals surface area contributed by atoms with Crippen LogP contribution in [0.2, 0.25) is 0 Å². The number of anilines is 1. The van der Waals surface area contributed by atoms with Crippen LogP contribution in [0, 0.1) is 0 Å². The highest BCUT2D eigenvalue weighted by atomic mass is 32.1. The largest absolute Gasteiger partial charge is 0.356 e. The lowest BCUT2D eigenvalue weighted by Gasteiger charge is -2.22. The van der Waals surface area contributed by atoms with E-state index in [2.05, 4.69) is 32.5 Å². The van der Waals surface area contributed by atoms with Gasteiger partial charge in [-0.05, 0) is 30.5 Å². The Bertz CT molecular complexity index is 1070. The summed E-state index contributed by atoms with van der Waals surface area (Å²) >= 11 is 1.49. The van der Waals surface area contributed by atoms with Crippen LogP contribution in [0.1, 0.15) is 42.2 Å². The molecule has 0 radical (unpaired) electrons. The summed E-state index contributed by atoms with van der Waals surface area (Å²) in [7, 11) is 0. The molecule has 1 aromatic carbocycles. The van der Waals surface area contributed by atoms with Crippen molar-refractivity contribution in [2.45, 2.75) is 32.7 Å². The van der Waals surface area contributed by atoms with Gasteiger partial charge < -0.3 is 15.5 Å². The van der Waals surface area contributed by atoms with Crippen LogP contribution >= 0.6 is 11.3 Å². The number of hydrogen-bond acceptors (Lipinski definition) is 7. The third-order valence-electron chi connectivity index (χ3n) is 5.14. The molecule has 0 aliphatic carbocycles. The minimum atomic E-state index is -0.0570. The number of aliphatic imine (C=N–C) groups is 1. The van der Waals surface area contributed by atoms with Crippen LogP contribution in [0.25, 0.3) is 11.4 Å². The van der Waals surface area contributed by atoms with Crippen molar-refractivity contribution < 1.29 is 4.79 Å². The van der Waals surface area contributed by atoms with Crippen molar-refractivity contribution in [2.75, 3.05) is 25.0 Å². The first-order valence-corrected chi connectivity index (χ1v) is 11.9. The Labute approximate surface area is 192 Å². The van der Waals surface area contributed by atoms with Crippen LogP contribution < -0.4 is 10.6 Å². The third kappa shape index (κ3) is 5.70. The lowest BCUT2D eigenvalue weighted by Crippen LogP contribution is -2.35. The van der Waals surface area contributed by atoms with E-state index >= 15 is 0 Å². The van der Waals surface area contributed by atoms with E-state index in [0.717, 1.165) is 54.7 Å². The average molecular weight is 449 g/mol. The number of rotatable bonds is 8. The molecule has 4 rings (SSSR count). The van der Waals surface area contributed by atoms with Crippen LogP contribution in [-0.4, -0.2) is 46.4 Å². The molecule has 0 spiro atoms. The molecule has 32 heavy (non-hydrogen) atoms. The topological polar surface area (TPSA) is 82.5 Å². The van der Waals surface area contributed by atoms with E-state index in [1.165, 1.54) is 11.3 Å². The van der Waals surface area contributed by atoms with E-state index in [9.17, 15) is 4.79 Å². The van der Waals surface area contributed by atoms with Crippen molar-refractivity contribution in [3.63, 3.8) is 0 Å². The molecule has 7 nitrogen and oxygen atoms in total. The van der Waals surface area contributed by atoms with Crippen molar-refractivity contribution in [2.24, 2.45) is 4.99 Å². The number of aromatic nitrogens is 2. The van der Waals surface area contributed by atoms with Gasteiger partial charge in [-0.15, -0.1) is 11.3 Å². The number of hydrogen-bond donors (Lipinski definition) is 2. The fraction of sp³-hybridized carbons (Fsp3) is 0.333. The van der Waals surface area contributed by atoms with Gasteiger partial charge in [-0.3, -0.25) is 9.79 Å². The van der Waals surface area contributed by atoms with Crippen molar-refractivity contribution in [1.29, 1.82) is 0 Å². The molecule has 3 heterocycles. The van der Waals surface area contributed by atoms with Crippen LogP contribution in [-0.2, 0) is 6.54 Å². The molecule has 0 saturated carbocycles. The lowest BCUT2D eigenvalue weighted by atomic mass is 10.2. The molecule has 2 aromatic heterocycles. The highest BCUT2D eigenvalue weighted by Gasteiger charge is 2.18. The second-order valence-electron chi connectivity index (χ2n) is 7.65. The van der Waals surface area contributed by atoms with Gasteiger partial charge in [-0.1, -0.05) is 49.7 Å². The van der Waals surface area contributed by atoms with Gasteiger partial charge in [0.2, 0.25) is 0 Å². The average Bonchev–Trinajstić information content (AvgIpc) is 3.31. The predicted molar refractivity (Wildman–Crippen MR) is 130 cm³/mol. The maximum atomic E-state index is 13.3. The van der Waals surface area contributed by atoms with Crippen LogP contribution in [0.15, 0.2) is 58.9 Å². The maximum absolute atomic E-state index is 13.3. The normalized spacial score (nSPS) is 13.2. The number of thiazole rings is 1. The van der Waals surface area contributed by atoms with Gasteiger partial charge in [0.25, 0.3) is 5.91 Å². The van der Waals surface area contributed by atoms with Gasteiger partial charge in [-0.25, -0.2) is 9.97 Å². The number of nitrogens with zero attached hydrogens (tertiary/aromatic N) is 4. The van der Waals surface area contributed by atoms with Gasteiger partial charge in [0, 0.05) is 31.6 Å². The third-order valence-corrected chi connectivity index (χ3v) is 5.90. The van der Waals surface area contributed by atoms with Crippen molar-refractivity contribution in [1.82, 2.24) is 20.2 Å². The SMILES string of the molecule is CCCCN(Cc1ccccc1)C(=O)c1cccc(-c2csc(NC3=NCCCN3)n2)n1. The van der Waals surface area contributed by atoms with Gasteiger partial charge in [0.1, 0.15) is 11.4 Å². The molecule has 0 saturated heterocycles. The van der Waals surface area contributed by atoms with Crippen LogP contribution in [0.4, 0.5) is 5.13 Å². The van der Waals surface area contributed by atoms with E-state index in [1.54, 1.807) is 6.07 Å². The Morgan fingerprint density at radius 1 is 1.12 bits per heavy atom. The smallest absolute Gasteiger partial charge is 0.272 e. The number of carbonyl (C=O) groups is 1. The van der Waals surface area contributed by atoms with Crippen molar-refractivity contribution in [3.05, 3.63) is 65.2 Å². The molecule has 1 aliphatic rings. The maximum Gasteiger partial charge on any atom is 0.272 e. The van der Waals surface area contributed by atoms with E-state index in [1.807, 2.05) is 52.7 Å². The highest BCUT2D eigenvalue weighted by Crippen LogP contribution is 2.24. The van der Waals surface area contributed by atoms with Crippen LogP contribution in [0.3, 0.4) is 0 Å². The standard InChI is InChI=1S/C24H28N6OS/c1-2-3-15-30(16-18-9-5-4-6-10-18)22(31)20-12-7-11-19(27-20)21-17-32-24(28-21)29-23-25-13-8-14-26-23/h4-7,9-12,17H,2-3,8,13-16H2,1H3,(H2,25,26,28,29). The monoisotopic (exact) mass is 448 g/mol. The second kappa shape index (κ2) is 10.9. The molecule has 2 N–H and O–H groups in total. The number of unbranched alkanes of at least 4 members (excludes halogenated alkanes) is 1. The van der Waals surface area contributed by atoms with E-state index < -0.39 is 0 Å². The summed E-state index contributed by atoms with van der Waals surface area (Å²) < 4.78 is 0. The molecule has 0 bridgehead atoms. The van der Waals surface area contributed by atoms with Crippen molar-refractivity contribution >= 4 is 28.3 Å². The summed E-state index contributed by atoms with van der Waals surface area (Å²) in [6.07, 6.45) is 3.02. The Balaban J connectivity index is 1.50. The molecule has 1 amide bonds. The van der Waals surface area contributed by atoms with E-state index in [0.29, 0.717) is 24.5 Å². The zero-order valence-electron chi connectivity index (χ0n) is 18.3. The molecular formula is C24H28N6OS. The first kappa shape index (κ1) is 22.0. The van der Waals surface area contributed by atoms with Crippen LogP contribution in [0.5, 0.6) is 0 Å². The quantitative estimate of drug-likeness (QED) is 0.533. The fourth-order valence-electron chi connectivity index (χ4n) is 3.43. The van der Waals surface area contributed by atoms with E-state index in [-0.39, 0.29) is 5.91 Å². The second-order valence-corrected chi connectivity index (χ2v) is 8.51. The number of pyridine rings is 1. The van der Waals surface area contributed by atoms with Gasteiger partial charge in [0.15, 0.2) is 11.1 Å². The van der Waals surface area contributed by atoms with Gasteiger partial charge in [-0.2, -0.15) is 0 Å². The zero-order chi connectivity index (χ0) is 22.2. The number of carbonyl (C=O) groups excluding carboxylic acids is 1. The molecular weight excluding hydrogens is 420 g/mol.